The molecule has 4 heterocycles. The van der Waals surface area contributed by atoms with Crippen LogP contribution in [0.5, 0.6) is 0 Å². The quantitative estimate of drug-likeness (QED) is 0.484. The van der Waals surface area contributed by atoms with E-state index in [-0.39, 0.29) is 5.92 Å². The third-order valence-electron chi connectivity index (χ3n) is 8.16. The molecule has 0 aromatic carbocycles. The number of likely N-dealkylation sites (N-methyl/N-ethyl adjacent to an activating group) is 1. The van der Waals surface area contributed by atoms with Crippen molar-refractivity contribution in [2.75, 3.05) is 65.4 Å². The first kappa shape index (κ1) is 32.8. The average molecular weight is 533 g/mol. The van der Waals surface area contributed by atoms with E-state index < -0.39 is 0 Å². The summed E-state index contributed by atoms with van der Waals surface area (Å²) in [5.41, 5.74) is 1.35. The summed E-state index contributed by atoms with van der Waals surface area (Å²) in [6.07, 6.45) is 12.0. The standard InChI is InChI=1S/C13H23N3.C9H20N2.C9H17NO/c1-12(2)13-10-14-16(11-13)9-8-15-6-4-3-5-7-15;1-4-10-5-7-11(8-6-10)9(2)3;1-8(2)9(11)10-6-4-3-5-7-10/h10-12H,3-9H2,1-2H3;9H,4-8H2,1-3H3;8H,3-7H2,1-2H3. The summed E-state index contributed by atoms with van der Waals surface area (Å²) in [5, 5.41) is 4.41. The van der Waals surface area contributed by atoms with Crippen LogP contribution in [0.15, 0.2) is 12.4 Å². The fourth-order valence-corrected chi connectivity index (χ4v) is 5.30. The number of carbonyl (C=O) groups excluding carboxylic acids is 1. The second-order valence-electron chi connectivity index (χ2n) is 12.2. The van der Waals surface area contributed by atoms with Gasteiger partial charge in [-0.3, -0.25) is 14.4 Å². The first-order valence-corrected chi connectivity index (χ1v) is 15.7. The molecule has 0 atom stereocenters. The lowest BCUT2D eigenvalue weighted by molar-refractivity contribution is -0.135. The Kier molecular flexibility index (Phi) is 15.5. The molecule has 0 aliphatic carbocycles. The number of hydrogen-bond acceptors (Lipinski definition) is 5. The van der Waals surface area contributed by atoms with Gasteiger partial charge in [-0.2, -0.15) is 5.10 Å². The topological polar surface area (TPSA) is 47.9 Å². The number of aromatic nitrogens is 2. The molecule has 3 aliphatic rings. The van der Waals surface area contributed by atoms with Crippen LogP contribution in [-0.4, -0.2) is 107 Å². The van der Waals surface area contributed by atoms with Crippen LogP contribution in [0.1, 0.15) is 98.5 Å². The summed E-state index contributed by atoms with van der Waals surface area (Å²) in [6, 6.07) is 0.731. The van der Waals surface area contributed by atoms with Crippen molar-refractivity contribution in [1.29, 1.82) is 0 Å². The molecule has 0 spiro atoms. The molecule has 1 aromatic rings. The van der Waals surface area contributed by atoms with Gasteiger partial charge in [-0.05, 0) is 77.1 Å². The van der Waals surface area contributed by atoms with Gasteiger partial charge in [-0.1, -0.05) is 41.0 Å². The van der Waals surface area contributed by atoms with Gasteiger partial charge < -0.3 is 14.7 Å². The van der Waals surface area contributed by atoms with Crippen molar-refractivity contribution in [3.05, 3.63) is 18.0 Å². The molecule has 0 bridgehead atoms. The van der Waals surface area contributed by atoms with E-state index in [1.165, 1.54) is 89.9 Å². The van der Waals surface area contributed by atoms with Gasteiger partial charge in [0.2, 0.25) is 5.91 Å². The van der Waals surface area contributed by atoms with E-state index in [1.54, 1.807) is 0 Å². The molecule has 7 heteroatoms. The zero-order chi connectivity index (χ0) is 27.9. The van der Waals surface area contributed by atoms with Gasteiger partial charge in [0.05, 0.1) is 12.7 Å². The lowest BCUT2D eigenvalue weighted by Gasteiger charge is -2.36. The van der Waals surface area contributed by atoms with Crippen molar-refractivity contribution < 1.29 is 4.79 Å². The van der Waals surface area contributed by atoms with Crippen molar-refractivity contribution in [3.8, 4) is 0 Å². The number of carbonyl (C=O) groups is 1. The van der Waals surface area contributed by atoms with Crippen LogP contribution >= 0.6 is 0 Å². The first-order valence-electron chi connectivity index (χ1n) is 15.7. The Hall–Kier alpha value is -1.44. The van der Waals surface area contributed by atoms with Crippen molar-refractivity contribution in [2.24, 2.45) is 5.92 Å². The number of piperazine rings is 1. The third kappa shape index (κ3) is 12.2. The molecule has 3 aliphatic heterocycles. The van der Waals surface area contributed by atoms with Gasteiger partial charge in [-0.15, -0.1) is 0 Å². The molecule has 220 valence electrons. The van der Waals surface area contributed by atoms with Gasteiger partial charge in [0.15, 0.2) is 0 Å². The molecule has 3 saturated heterocycles. The van der Waals surface area contributed by atoms with Crippen LogP contribution in [0.25, 0.3) is 0 Å². The maximum Gasteiger partial charge on any atom is 0.225 e. The fourth-order valence-electron chi connectivity index (χ4n) is 5.30. The van der Waals surface area contributed by atoms with Crippen LogP contribution in [0.4, 0.5) is 0 Å². The maximum absolute atomic E-state index is 11.4. The van der Waals surface area contributed by atoms with Crippen LogP contribution in [0.3, 0.4) is 0 Å². The number of piperidine rings is 2. The SMILES string of the molecule is CC(C)C(=O)N1CCCCC1.CC(C)c1cnn(CCN2CCCCC2)c1.CCN1CCN(C(C)C)CC1. The number of rotatable bonds is 7. The van der Waals surface area contributed by atoms with Gasteiger partial charge in [0.25, 0.3) is 0 Å². The van der Waals surface area contributed by atoms with Gasteiger partial charge >= 0.3 is 0 Å². The van der Waals surface area contributed by atoms with E-state index in [0.29, 0.717) is 11.8 Å². The largest absolute Gasteiger partial charge is 0.342 e. The molecular weight excluding hydrogens is 472 g/mol. The minimum absolute atomic E-state index is 0.174. The van der Waals surface area contributed by atoms with Crippen molar-refractivity contribution in [2.45, 2.75) is 105 Å². The maximum atomic E-state index is 11.4. The summed E-state index contributed by atoms with van der Waals surface area (Å²) in [6.45, 7) is 28.1. The minimum atomic E-state index is 0.174. The van der Waals surface area contributed by atoms with E-state index in [1.807, 2.05) is 24.9 Å². The highest BCUT2D eigenvalue weighted by atomic mass is 16.2. The van der Waals surface area contributed by atoms with Crippen LogP contribution in [0.2, 0.25) is 0 Å². The van der Waals surface area contributed by atoms with Crippen molar-refractivity contribution >= 4 is 5.91 Å². The predicted molar refractivity (Wildman–Crippen MR) is 161 cm³/mol. The molecule has 1 aromatic heterocycles. The molecule has 7 nitrogen and oxygen atoms in total. The molecule has 38 heavy (non-hydrogen) atoms. The summed E-state index contributed by atoms with van der Waals surface area (Å²) < 4.78 is 2.09. The molecular formula is C31H60N6O. The summed E-state index contributed by atoms with van der Waals surface area (Å²) in [5.74, 6) is 1.08. The molecule has 0 saturated carbocycles. The molecule has 0 unspecified atom stereocenters. The Bertz CT molecular complexity index is 741. The molecule has 1 amide bonds. The van der Waals surface area contributed by atoms with E-state index >= 15 is 0 Å². The number of likely N-dealkylation sites (tertiary alicyclic amines) is 2. The number of nitrogens with zero attached hydrogens (tertiary/aromatic N) is 6. The highest BCUT2D eigenvalue weighted by molar-refractivity contribution is 5.78. The molecule has 4 rings (SSSR count). The Morgan fingerprint density at radius 3 is 1.82 bits per heavy atom. The number of amides is 1. The fraction of sp³-hybridized carbons (Fsp3) is 0.871. The average Bonchev–Trinajstić information content (AvgIpc) is 3.43. The zero-order valence-electron chi connectivity index (χ0n) is 26.0. The van der Waals surface area contributed by atoms with Gasteiger partial charge in [-0.25, -0.2) is 0 Å². The Morgan fingerprint density at radius 2 is 1.34 bits per heavy atom. The summed E-state index contributed by atoms with van der Waals surface area (Å²) in [7, 11) is 0. The minimum Gasteiger partial charge on any atom is -0.342 e. The van der Waals surface area contributed by atoms with Gasteiger partial charge in [0.1, 0.15) is 0 Å². The zero-order valence-corrected chi connectivity index (χ0v) is 26.0. The second kappa shape index (κ2) is 18.0. The van der Waals surface area contributed by atoms with E-state index in [4.69, 9.17) is 0 Å². The summed E-state index contributed by atoms with van der Waals surface area (Å²) >= 11 is 0. The number of hydrogen-bond donors (Lipinski definition) is 0. The van der Waals surface area contributed by atoms with Crippen molar-refractivity contribution in [1.82, 2.24) is 29.4 Å². The molecule has 3 fully saturated rings. The second-order valence-corrected chi connectivity index (χ2v) is 12.2. The Balaban J connectivity index is 0.000000206. The highest BCUT2D eigenvalue weighted by Gasteiger charge is 2.18. The third-order valence-corrected chi connectivity index (χ3v) is 8.16. The van der Waals surface area contributed by atoms with Crippen LogP contribution in [-0.2, 0) is 11.3 Å². The molecule has 0 radical (unpaired) electrons. The van der Waals surface area contributed by atoms with Crippen LogP contribution < -0.4 is 0 Å². The van der Waals surface area contributed by atoms with Crippen molar-refractivity contribution in [3.63, 3.8) is 0 Å². The van der Waals surface area contributed by atoms with E-state index in [2.05, 4.69) is 65.3 Å². The Morgan fingerprint density at radius 1 is 0.763 bits per heavy atom. The Labute approximate surface area is 234 Å². The predicted octanol–water partition coefficient (Wildman–Crippen LogP) is 5.18. The highest BCUT2D eigenvalue weighted by Crippen LogP contribution is 2.13. The lowest BCUT2D eigenvalue weighted by Crippen LogP contribution is -2.48. The summed E-state index contributed by atoms with van der Waals surface area (Å²) in [4.78, 5) is 21.0. The molecule has 0 N–H and O–H groups in total. The van der Waals surface area contributed by atoms with E-state index in [0.717, 1.165) is 32.2 Å². The van der Waals surface area contributed by atoms with E-state index in [9.17, 15) is 4.79 Å². The normalized spacial score (nSPS) is 19.8. The van der Waals surface area contributed by atoms with Crippen LogP contribution in [0, 0.1) is 5.92 Å². The lowest BCUT2D eigenvalue weighted by atomic mass is 10.1. The first-order chi connectivity index (χ1) is 18.2. The smallest absolute Gasteiger partial charge is 0.225 e. The monoisotopic (exact) mass is 532 g/mol. The van der Waals surface area contributed by atoms with Gasteiger partial charge in [0, 0.05) is 64.0 Å².